The number of aromatic nitrogens is 4. The summed E-state index contributed by atoms with van der Waals surface area (Å²) in [5, 5.41) is 19.0. The van der Waals surface area contributed by atoms with Gasteiger partial charge in [0.25, 0.3) is 5.56 Å². The minimum absolute atomic E-state index is 0.186. The van der Waals surface area contributed by atoms with Crippen molar-refractivity contribution in [2.75, 3.05) is 0 Å². The van der Waals surface area contributed by atoms with E-state index >= 15 is 0 Å². The van der Waals surface area contributed by atoms with E-state index in [0.717, 1.165) is 33.8 Å². The summed E-state index contributed by atoms with van der Waals surface area (Å²) >= 11 is 0. The van der Waals surface area contributed by atoms with E-state index < -0.39 is 0 Å². The predicted molar refractivity (Wildman–Crippen MR) is 120 cm³/mol. The van der Waals surface area contributed by atoms with E-state index in [1.165, 1.54) is 4.68 Å². The fraction of sp³-hybridized carbons (Fsp3) is 0.200. The van der Waals surface area contributed by atoms with Crippen LogP contribution in [0.2, 0.25) is 0 Å². The van der Waals surface area contributed by atoms with Gasteiger partial charge < -0.3 is 0 Å². The maximum Gasteiger partial charge on any atom is 0.285 e. The Bertz CT molecular complexity index is 1300. The summed E-state index contributed by atoms with van der Waals surface area (Å²) in [5.41, 5.74) is 4.90. The van der Waals surface area contributed by atoms with Crippen LogP contribution in [-0.4, -0.2) is 19.6 Å². The van der Waals surface area contributed by atoms with Crippen molar-refractivity contribution in [1.82, 2.24) is 19.6 Å². The molecule has 0 aliphatic heterocycles. The molecule has 0 N–H and O–H groups in total. The van der Waals surface area contributed by atoms with Crippen LogP contribution in [0.3, 0.4) is 0 Å². The molecule has 0 saturated heterocycles. The zero-order valence-corrected chi connectivity index (χ0v) is 17.6. The van der Waals surface area contributed by atoms with Gasteiger partial charge in [-0.25, -0.2) is 9.36 Å². The highest BCUT2D eigenvalue weighted by molar-refractivity contribution is 5.63. The van der Waals surface area contributed by atoms with Gasteiger partial charge in [-0.2, -0.15) is 15.5 Å². The molecule has 6 nitrogen and oxygen atoms in total. The highest BCUT2D eigenvalue weighted by Gasteiger charge is 2.18. The largest absolute Gasteiger partial charge is 0.285 e. The van der Waals surface area contributed by atoms with Gasteiger partial charge in [0.15, 0.2) is 0 Å². The monoisotopic (exact) mass is 409 g/mol. The molecule has 2 aromatic heterocycles. The summed E-state index contributed by atoms with van der Waals surface area (Å²) < 4.78 is 3.21. The van der Waals surface area contributed by atoms with Crippen molar-refractivity contribution in [2.45, 2.75) is 33.2 Å². The molecular weight excluding hydrogens is 386 g/mol. The third-order valence-corrected chi connectivity index (χ3v) is 5.32. The third-order valence-electron chi connectivity index (χ3n) is 5.32. The fourth-order valence-electron chi connectivity index (χ4n) is 3.78. The molecule has 31 heavy (non-hydrogen) atoms. The number of rotatable bonds is 6. The summed E-state index contributed by atoms with van der Waals surface area (Å²) in [6, 6.07) is 21.8. The van der Waals surface area contributed by atoms with Crippen molar-refractivity contribution < 1.29 is 0 Å². The van der Waals surface area contributed by atoms with Crippen molar-refractivity contribution in [1.29, 1.82) is 5.26 Å². The van der Waals surface area contributed by atoms with Crippen molar-refractivity contribution in [3.05, 3.63) is 99.6 Å². The lowest BCUT2D eigenvalue weighted by molar-refractivity contribution is 0.612. The van der Waals surface area contributed by atoms with Gasteiger partial charge in [0.05, 0.1) is 23.6 Å². The molecule has 4 aromatic rings. The van der Waals surface area contributed by atoms with Crippen molar-refractivity contribution in [3.8, 4) is 23.0 Å². The quantitative estimate of drug-likeness (QED) is 0.480. The second-order valence-electron chi connectivity index (χ2n) is 7.23. The van der Waals surface area contributed by atoms with Crippen LogP contribution in [0.4, 0.5) is 0 Å². The van der Waals surface area contributed by atoms with E-state index in [4.69, 9.17) is 5.10 Å². The second kappa shape index (κ2) is 8.80. The Morgan fingerprint density at radius 3 is 2.23 bits per heavy atom. The first kappa shape index (κ1) is 20.3. The minimum atomic E-state index is -0.358. The van der Waals surface area contributed by atoms with Crippen LogP contribution in [-0.2, 0) is 19.4 Å². The van der Waals surface area contributed by atoms with Gasteiger partial charge in [-0.05, 0) is 30.5 Å². The maximum absolute atomic E-state index is 13.0. The molecule has 2 aromatic carbocycles. The van der Waals surface area contributed by atoms with Crippen LogP contribution in [0, 0.1) is 11.3 Å². The van der Waals surface area contributed by atoms with Crippen LogP contribution in [0.15, 0.2) is 71.7 Å². The number of hydrogen-bond acceptors (Lipinski definition) is 4. The zero-order chi connectivity index (χ0) is 21.8. The van der Waals surface area contributed by atoms with Crippen molar-refractivity contribution >= 4 is 0 Å². The predicted octanol–water partition coefficient (Wildman–Crippen LogP) is 4.14. The third kappa shape index (κ3) is 3.90. The molecule has 0 saturated carbocycles. The first-order chi connectivity index (χ1) is 15.2. The number of hydrogen-bond donors (Lipinski definition) is 0. The summed E-state index contributed by atoms with van der Waals surface area (Å²) in [7, 11) is 0. The van der Waals surface area contributed by atoms with Crippen LogP contribution in [0.1, 0.15) is 36.2 Å². The van der Waals surface area contributed by atoms with E-state index in [0.29, 0.717) is 12.8 Å². The summed E-state index contributed by atoms with van der Waals surface area (Å²) in [5.74, 6) is 0. The van der Waals surface area contributed by atoms with Gasteiger partial charge in [-0.1, -0.05) is 62.4 Å². The maximum atomic E-state index is 13.0. The first-order valence-corrected chi connectivity index (χ1v) is 10.4. The molecule has 154 valence electrons. The lowest BCUT2D eigenvalue weighted by atomic mass is 10.0. The Morgan fingerprint density at radius 1 is 0.935 bits per heavy atom. The van der Waals surface area contributed by atoms with E-state index in [1.807, 2.05) is 85.4 Å². The molecule has 0 fully saturated rings. The lowest BCUT2D eigenvalue weighted by Gasteiger charge is -2.12. The summed E-state index contributed by atoms with van der Waals surface area (Å²) in [4.78, 5) is 13.0. The molecule has 0 bridgehead atoms. The Morgan fingerprint density at radius 2 is 1.61 bits per heavy atom. The molecular formula is C25H23N5O. The molecule has 2 heterocycles. The molecule has 0 radical (unpaired) electrons. The van der Waals surface area contributed by atoms with Gasteiger partial charge in [-0.3, -0.25) is 4.79 Å². The van der Waals surface area contributed by atoms with E-state index in [2.05, 4.69) is 11.2 Å². The van der Waals surface area contributed by atoms with Gasteiger partial charge in [0.2, 0.25) is 0 Å². The highest BCUT2D eigenvalue weighted by Crippen LogP contribution is 2.24. The normalized spacial score (nSPS) is 10.7. The number of nitriles is 1. The average Bonchev–Trinajstić information content (AvgIpc) is 3.25. The zero-order valence-electron chi connectivity index (χ0n) is 17.6. The van der Waals surface area contributed by atoms with Gasteiger partial charge >= 0.3 is 0 Å². The minimum Gasteiger partial charge on any atom is -0.266 e. The number of aryl methyl sites for hydroxylation is 1. The lowest BCUT2D eigenvalue weighted by Crippen LogP contribution is -2.29. The standard InChI is InChI=1S/C25H23N5O/c1-3-21-22(15-26)25(31)30(27-23(21)4-2)17-19-16-29(20-13-9-6-10-14-20)28-24(19)18-11-7-5-8-12-18/h5-14,16H,3-4,17H2,1-2H3. The van der Waals surface area contributed by atoms with Crippen molar-refractivity contribution in [2.24, 2.45) is 0 Å². The van der Waals surface area contributed by atoms with Gasteiger partial charge in [-0.15, -0.1) is 0 Å². The highest BCUT2D eigenvalue weighted by atomic mass is 16.1. The molecule has 0 spiro atoms. The Kier molecular flexibility index (Phi) is 5.76. The van der Waals surface area contributed by atoms with Crippen LogP contribution >= 0.6 is 0 Å². The average molecular weight is 409 g/mol. The molecule has 4 rings (SSSR count). The summed E-state index contributed by atoms with van der Waals surface area (Å²) in [6.07, 6.45) is 3.19. The smallest absolute Gasteiger partial charge is 0.266 e. The molecule has 6 heteroatoms. The van der Waals surface area contributed by atoms with Gasteiger partial charge in [0.1, 0.15) is 11.6 Å². The summed E-state index contributed by atoms with van der Waals surface area (Å²) in [6.45, 7) is 4.17. The van der Waals surface area contributed by atoms with Crippen LogP contribution in [0.25, 0.3) is 16.9 Å². The Hall–Kier alpha value is -3.98. The second-order valence-corrected chi connectivity index (χ2v) is 7.23. The molecule has 0 aliphatic rings. The van der Waals surface area contributed by atoms with E-state index in [-0.39, 0.29) is 17.7 Å². The van der Waals surface area contributed by atoms with Gasteiger partial charge in [0, 0.05) is 17.3 Å². The van der Waals surface area contributed by atoms with E-state index in [9.17, 15) is 10.1 Å². The number of nitrogens with zero attached hydrogens (tertiary/aromatic N) is 5. The molecule has 0 amide bonds. The number of para-hydroxylation sites is 1. The Labute approximate surface area is 181 Å². The van der Waals surface area contributed by atoms with Crippen LogP contribution < -0.4 is 5.56 Å². The first-order valence-electron chi connectivity index (χ1n) is 10.4. The van der Waals surface area contributed by atoms with Crippen molar-refractivity contribution in [3.63, 3.8) is 0 Å². The Balaban J connectivity index is 1.86. The number of benzene rings is 2. The molecule has 0 aliphatic carbocycles. The SMILES string of the molecule is CCc1nn(Cc2cn(-c3ccccc3)nc2-c2ccccc2)c(=O)c(C#N)c1CC. The fourth-order valence-corrected chi connectivity index (χ4v) is 3.78. The van der Waals surface area contributed by atoms with Crippen LogP contribution in [0.5, 0.6) is 0 Å². The molecule has 0 atom stereocenters. The van der Waals surface area contributed by atoms with E-state index in [1.54, 1.807) is 0 Å². The topological polar surface area (TPSA) is 76.5 Å². The molecule has 0 unspecified atom stereocenters.